The summed E-state index contributed by atoms with van der Waals surface area (Å²) < 4.78 is 5.17. The van der Waals surface area contributed by atoms with Crippen molar-refractivity contribution in [2.75, 3.05) is 6.54 Å². The van der Waals surface area contributed by atoms with Crippen LogP contribution in [0.15, 0.2) is 4.52 Å². The van der Waals surface area contributed by atoms with Gasteiger partial charge in [-0.3, -0.25) is 9.69 Å². The molecule has 1 atom stereocenters. The molecule has 0 bridgehead atoms. The molecule has 0 aliphatic carbocycles. The molecule has 17 heavy (non-hydrogen) atoms. The van der Waals surface area contributed by atoms with Crippen LogP contribution in [0.2, 0.25) is 0 Å². The fourth-order valence-corrected chi connectivity index (χ4v) is 2.57. The van der Waals surface area contributed by atoms with Gasteiger partial charge in [0.15, 0.2) is 0 Å². The Balaban J connectivity index is 2.13. The van der Waals surface area contributed by atoms with E-state index in [-0.39, 0.29) is 11.8 Å². The number of aromatic nitrogens is 1. The second-order valence-corrected chi connectivity index (χ2v) is 4.90. The number of likely N-dealkylation sites (tertiary alicyclic amines) is 1. The molecule has 94 valence electrons. The van der Waals surface area contributed by atoms with Crippen molar-refractivity contribution < 1.29 is 9.32 Å². The predicted octanol–water partition coefficient (Wildman–Crippen LogP) is 2.23. The summed E-state index contributed by atoms with van der Waals surface area (Å²) >= 11 is 0. The third-order valence-corrected chi connectivity index (χ3v) is 3.63. The van der Waals surface area contributed by atoms with Crippen LogP contribution in [0.4, 0.5) is 0 Å². The van der Waals surface area contributed by atoms with E-state index in [1.54, 1.807) is 6.92 Å². The molecule has 4 heteroatoms. The van der Waals surface area contributed by atoms with Gasteiger partial charge in [0.1, 0.15) is 11.5 Å². The molecule has 1 saturated heterocycles. The van der Waals surface area contributed by atoms with Crippen molar-refractivity contribution in [3.63, 3.8) is 0 Å². The second kappa shape index (κ2) is 5.00. The number of carbonyl (C=O) groups is 1. The molecular formula is C13H20N2O2. The maximum atomic E-state index is 11.6. The zero-order valence-corrected chi connectivity index (χ0v) is 10.8. The van der Waals surface area contributed by atoms with Crippen LogP contribution in [0, 0.1) is 13.8 Å². The number of hydrogen-bond donors (Lipinski definition) is 0. The summed E-state index contributed by atoms with van der Waals surface area (Å²) in [6.45, 7) is 7.36. The van der Waals surface area contributed by atoms with Gasteiger partial charge in [-0.15, -0.1) is 0 Å². The summed E-state index contributed by atoms with van der Waals surface area (Å²) in [4.78, 5) is 13.9. The SMILES string of the molecule is CC(=O)C1CCCCN1Cc1c(C)noc1C. The van der Waals surface area contributed by atoms with Crippen molar-refractivity contribution in [2.24, 2.45) is 0 Å². The average molecular weight is 236 g/mol. The first-order valence-electron chi connectivity index (χ1n) is 6.26. The number of rotatable bonds is 3. The Morgan fingerprint density at radius 2 is 2.24 bits per heavy atom. The van der Waals surface area contributed by atoms with Crippen molar-refractivity contribution in [3.05, 3.63) is 17.0 Å². The van der Waals surface area contributed by atoms with Crippen molar-refractivity contribution in [3.8, 4) is 0 Å². The van der Waals surface area contributed by atoms with Crippen LogP contribution in [-0.2, 0) is 11.3 Å². The Morgan fingerprint density at radius 1 is 1.47 bits per heavy atom. The zero-order chi connectivity index (χ0) is 12.4. The molecule has 1 aromatic heterocycles. The molecule has 1 aliphatic rings. The standard InChI is InChI=1S/C13H20N2O2/c1-9-12(11(3)17-14-9)8-15-7-5-4-6-13(15)10(2)16/h13H,4-8H2,1-3H3. The quantitative estimate of drug-likeness (QED) is 0.807. The fraction of sp³-hybridized carbons (Fsp3) is 0.692. The van der Waals surface area contributed by atoms with Crippen LogP contribution in [0.25, 0.3) is 0 Å². The lowest BCUT2D eigenvalue weighted by atomic mass is 9.98. The van der Waals surface area contributed by atoms with E-state index in [1.807, 2.05) is 13.8 Å². The molecule has 1 aromatic rings. The first-order chi connectivity index (χ1) is 8.09. The minimum absolute atomic E-state index is 0.0810. The highest BCUT2D eigenvalue weighted by molar-refractivity contribution is 5.81. The minimum Gasteiger partial charge on any atom is -0.361 e. The maximum Gasteiger partial charge on any atom is 0.146 e. The first kappa shape index (κ1) is 12.3. The number of aryl methyl sites for hydroxylation is 2. The molecule has 0 amide bonds. The van der Waals surface area contributed by atoms with E-state index in [0.29, 0.717) is 0 Å². The normalized spacial score (nSPS) is 21.7. The number of ketones is 1. The minimum atomic E-state index is 0.0810. The highest BCUT2D eigenvalue weighted by Gasteiger charge is 2.27. The molecular weight excluding hydrogens is 216 g/mol. The van der Waals surface area contributed by atoms with Gasteiger partial charge in [-0.2, -0.15) is 0 Å². The van der Waals surface area contributed by atoms with Crippen molar-refractivity contribution in [2.45, 2.75) is 52.6 Å². The van der Waals surface area contributed by atoms with E-state index >= 15 is 0 Å². The molecule has 0 radical (unpaired) electrons. The lowest BCUT2D eigenvalue weighted by Crippen LogP contribution is -2.43. The summed E-state index contributed by atoms with van der Waals surface area (Å²) in [5.41, 5.74) is 2.08. The van der Waals surface area contributed by atoms with Gasteiger partial charge < -0.3 is 4.52 Å². The van der Waals surface area contributed by atoms with Crippen LogP contribution in [0.1, 0.15) is 43.2 Å². The fourth-order valence-electron chi connectivity index (χ4n) is 2.57. The molecule has 1 fully saturated rings. The lowest BCUT2D eigenvalue weighted by Gasteiger charge is -2.33. The third-order valence-electron chi connectivity index (χ3n) is 3.63. The largest absolute Gasteiger partial charge is 0.361 e. The topological polar surface area (TPSA) is 46.3 Å². The molecule has 1 unspecified atom stereocenters. The van der Waals surface area contributed by atoms with E-state index < -0.39 is 0 Å². The molecule has 0 spiro atoms. The summed E-state index contributed by atoms with van der Waals surface area (Å²) in [5.74, 6) is 1.15. The van der Waals surface area contributed by atoms with Gasteiger partial charge in [0.2, 0.25) is 0 Å². The van der Waals surface area contributed by atoms with Crippen LogP contribution in [0.3, 0.4) is 0 Å². The van der Waals surface area contributed by atoms with Crippen molar-refractivity contribution in [1.82, 2.24) is 10.1 Å². The van der Waals surface area contributed by atoms with Crippen LogP contribution < -0.4 is 0 Å². The van der Waals surface area contributed by atoms with E-state index in [4.69, 9.17) is 4.52 Å². The van der Waals surface area contributed by atoms with E-state index in [9.17, 15) is 4.79 Å². The Labute approximate surface area is 102 Å². The Bertz CT molecular complexity index is 392. The summed E-state index contributed by atoms with van der Waals surface area (Å²) in [6, 6.07) is 0.0810. The summed E-state index contributed by atoms with van der Waals surface area (Å²) in [7, 11) is 0. The monoisotopic (exact) mass is 236 g/mol. The van der Waals surface area contributed by atoms with Gasteiger partial charge in [0.25, 0.3) is 0 Å². The lowest BCUT2D eigenvalue weighted by molar-refractivity contribution is -0.123. The molecule has 2 heterocycles. The summed E-state index contributed by atoms with van der Waals surface area (Å²) in [5, 5.41) is 3.96. The van der Waals surface area contributed by atoms with Crippen LogP contribution in [-0.4, -0.2) is 28.4 Å². The second-order valence-electron chi connectivity index (χ2n) is 4.90. The molecule has 2 rings (SSSR count). The maximum absolute atomic E-state index is 11.6. The number of Topliss-reactive ketones (excluding diaryl/α,β-unsaturated/α-hetero) is 1. The van der Waals surface area contributed by atoms with Gasteiger partial charge in [0, 0.05) is 12.1 Å². The highest BCUT2D eigenvalue weighted by atomic mass is 16.5. The summed E-state index contributed by atoms with van der Waals surface area (Å²) in [6.07, 6.45) is 3.31. The molecule has 1 aliphatic heterocycles. The molecule has 0 saturated carbocycles. The van der Waals surface area contributed by atoms with Gasteiger partial charge in [-0.05, 0) is 40.2 Å². The Hall–Kier alpha value is -1.16. The third kappa shape index (κ3) is 2.57. The average Bonchev–Trinajstić information content (AvgIpc) is 2.61. The Morgan fingerprint density at radius 3 is 2.82 bits per heavy atom. The van der Waals surface area contributed by atoms with Gasteiger partial charge in [0.05, 0.1) is 11.7 Å². The zero-order valence-electron chi connectivity index (χ0n) is 10.8. The van der Waals surface area contributed by atoms with Gasteiger partial charge in [-0.25, -0.2) is 0 Å². The van der Waals surface area contributed by atoms with E-state index in [1.165, 1.54) is 6.42 Å². The number of carbonyl (C=O) groups excluding carboxylic acids is 1. The molecule has 0 aromatic carbocycles. The van der Waals surface area contributed by atoms with Crippen LogP contribution in [0.5, 0.6) is 0 Å². The first-order valence-corrected chi connectivity index (χ1v) is 6.26. The molecule has 0 N–H and O–H groups in total. The van der Waals surface area contributed by atoms with Crippen LogP contribution >= 0.6 is 0 Å². The molecule has 4 nitrogen and oxygen atoms in total. The highest BCUT2D eigenvalue weighted by Crippen LogP contribution is 2.22. The van der Waals surface area contributed by atoms with E-state index in [0.717, 1.165) is 42.9 Å². The van der Waals surface area contributed by atoms with Gasteiger partial charge in [-0.1, -0.05) is 11.6 Å². The number of hydrogen-bond acceptors (Lipinski definition) is 4. The van der Waals surface area contributed by atoms with Crippen molar-refractivity contribution in [1.29, 1.82) is 0 Å². The smallest absolute Gasteiger partial charge is 0.146 e. The van der Waals surface area contributed by atoms with E-state index in [2.05, 4.69) is 10.1 Å². The predicted molar refractivity (Wildman–Crippen MR) is 64.7 cm³/mol. The van der Waals surface area contributed by atoms with Crippen molar-refractivity contribution >= 4 is 5.78 Å². The number of piperidine rings is 1. The van der Waals surface area contributed by atoms with Gasteiger partial charge >= 0.3 is 0 Å². The Kier molecular flexibility index (Phi) is 3.62. The number of nitrogens with zero attached hydrogens (tertiary/aromatic N) is 2.